The molecule has 0 fully saturated rings. The van der Waals surface area contributed by atoms with Crippen LogP contribution in [0.5, 0.6) is 0 Å². The maximum absolute atomic E-state index is 2.44. The molecule has 0 bridgehead atoms. The molecule has 0 atom stereocenters. The maximum Gasteiger partial charge on any atom is 0.0788 e. The second kappa shape index (κ2) is 11.4. The molecule has 7 rings (SSSR count). The van der Waals surface area contributed by atoms with Gasteiger partial charge < -0.3 is 9.80 Å². The van der Waals surface area contributed by atoms with Crippen molar-refractivity contribution in [1.82, 2.24) is 0 Å². The normalized spacial score (nSPS) is 11.2. The van der Waals surface area contributed by atoms with Crippen LogP contribution in [-0.2, 0) is 0 Å². The molecule has 0 heterocycles. The van der Waals surface area contributed by atoms with Crippen molar-refractivity contribution < 1.29 is 0 Å². The summed E-state index contributed by atoms with van der Waals surface area (Å²) in [5.74, 6) is 0. The molecule has 214 valence electrons. The molecule has 0 saturated carbocycles. The first kappa shape index (κ1) is 27.5. The topological polar surface area (TPSA) is 6.48 Å². The van der Waals surface area contributed by atoms with Gasteiger partial charge in [0.25, 0.3) is 0 Å². The summed E-state index contributed by atoms with van der Waals surface area (Å²) in [6.45, 7) is 8.58. The molecule has 0 N–H and O–H groups in total. The van der Waals surface area contributed by atoms with E-state index in [1.54, 1.807) is 0 Å². The van der Waals surface area contributed by atoms with Gasteiger partial charge in [0, 0.05) is 33.5 Å². The van der Waals surface area contributed by atoms with Crippen molar-refractivity contribution in [3.05, 3.63) is 168 Å². The van der Waals surface area contributed by atoms with Crippen LogP contribution in [0.2, 0.25) is 0 Å². The molecule has 7 aromatic rings. The Morgan fingerprint density at radius 3 is 0.750 bits per heavy atom. The van der Waals surface area contributed by atoms with E-state index in [0.29, 0.717) is 0 Å². The lowest BCUT2D eigenvalue weighted by molar-refractivity contribution is 1.23. The number of benzene rings is 7. The number of nitrogens with zero attached hydrogens (tertiary/aromatic N) is 2. The van der Waals surface area contributed by atoms with Gasteiger partial charge in [-0.2, -0.15) is 0 Å². The molecule has 0 amide bonds. The molecular formula is C42H36N2. The highest BCUT2D eigenvalue weighted by molar-refractivity contribution is 6.23. The average molecular weight is 569 g/mol. The number of fused-ring (bicyclic) bond motifs is 3. The van der Waals surface area contributed by atoms with Gasteiger partial charge in [0.15, 0.2) is 0 Å². The minimum absolute atomic E-state index is 1.12. The van der Waals surface area contributed by atoms with Crippen molar-refractivity contribution in [1.29, 1.82) is 0 Å². The zero-order valence-electron chi connectivity index (χ0n) is 25.8. The smallest absolute Gasteiger partial charge is 0.0788 e. The first-order chi connectivity index (χ1) is 21.5. The molecule has 7 aromatic carbocycles. The van der Waals surface area contributed by atoms with Crippen LogP contribution in [-0.4, -0.2) is 0 Å². The Kier molecular flexibility index (Phi) is 7.12. The highest BCUT2D eigenvalue weighted by atomic mass is 15.2. The molecule has 0 radical (unpaired) electrons. The number of aryl methyl sites for hydroxylation is 4. The summed E-state index contributed by atoms with van der Waals surface area (Å²) in [6, 6.07) is 53.3. The highest BCUT2D eigenvalue weighted by Gasteiger charge is 2.27. The van der Waals surface area contributed by atoms with Crippen molar-refractivity contribution in [3.63, 3.8) is 0 Å². The van der Waals surface area contributed by atoms with Crippen molar-refractivity contribution >= 4 is 55.7 Å². The Bertz CT molecular complexity index is 1830. The molecule has 0 aromatic heterocycles. The zero-order chi connectivity index (χ0) is 30.2. The first-order valence-electron chi connectivity index (χ1n) is 15.3. The third kappa shape index (κ3) is 4.99. The SMILES string of the molecule is Cc1ccc(N(c2ccc(C)cc2)c2c(N(c3ccc(C)cc3)c3ccc(C)cc3)c3ccccc3c3ccccc23)cc1. The number of hydrogen-bond acceptors (Lipinski definition) is 2. The summed E-state index contributed by atoms with van der Waals surface area (Å²) in [5, 5.41) is 4.87. The van der Waals surface area contributed by atoms with Gasteiger partial charge in [0.2, 0.25) is 0 Å². The van der Waals surface area contributed by atoms with Gasteiger partial charge in [-0.25, -0.2) is 0 Å². The van der Waals surface area contributed by atoms with Crippen molar-refractivity contribution in [2.45, 2.75) is 27.7 Å². The van der Waals surface area contributed by atoms with E-state index in [0.717, 1.165) is 34.1 Å². The summed E-state index contributed by atoms with van der Waals surface area (Å²) in [5.41, 5.74) is 11.7. The third-order valence-corrected chi connectivity index (χ3v) is 8.49. The van der Waals surface area contributed by atoms with E-state index in [1.807, 2.05) is 0 Å². The third-order valence-electron chi connectivity index (χ3n) is 8.49. The van der Waals surface area contributed by atoms with Crippen molar-refractivity contribution in [2.75, 3.05) is 9.80 Å². The van der Waals surface area contributed by atoms with Crippen molar-refractivity contribution in [3.8, 4) is 0 Å². The Hall–Kier alpha value is -5.34. The van der Waals surface area contributed by atoms with Gasteiger partial charge >= 0.3 is 0 Å². The van der Waals surface area contributed by atoms with Gasteiger partial charge in [-0.1, -0.05) is 119 Å². The first-order valence-corrected chi connectivity index (χ1v) is 15.3. The lowest BCUT2D eigenvalue weighted by Crippen LogP contribution is -2.18. The van der Waals surface area contributed by atoms with E-state index in [-0.39, 0.29) is 0 Å². The van der Waals surface area contributed by atoms with Crippen LogP contribution in [0.3, 0.4) is 0 Å². The van der Waals surface area contributed by atoms with Crippen LogP contribution in [0.15, 0.2) is 146 Å². The highest BCUT2D eigenvalue weighted by Crippen LogP contribution is 2.52. The predicted octanol–water partition coefficient (Wildman–Crippen LogP) is 12.2. The fraction of sp³-hybridized carbons (Fsp3) is 0.0952. The quantitative estimate of drug-likeness (QED) is 0.145. The second-order valence-corrected chi connectivity index (χ2v) is 11.8. The van der Waals surface area contributed by atoms with Gasteiger partial charge in [-0.05, 0) is 87.0 Å². The Morgan fingerprint density at radius 1 is 0.273 bits per heavy atom. The molecule has 0 aliphatic heterocycles. The van der Waals surface area contributed by atoms with E-state index < -0.39 is 0 Å². The molecule has 0 aliphatic carbocycles. The monoisotopic (exact) mass is 568 g/mol. The Labute approximate surface area is 260 Å². The molecule has 2 heteroatoms. The minimum atomic E-state index is 1.12. The fourth-order valence-electron chi connectivity index (χ4n) is 6.15. The number of rotatable bonds is 6. The molecule has 0 unspecified atom stereocenters. The number of anilines is 6. The maximum atomic E-state index is 2.44. The summed E-state index contributed by atoms with van der Waals surface area (Å²) < 4.78 is 0. The molecular weight excluding hydrogens is 532 g/mol. The summed E-state index contributed by atoms with van der Waals surface area (Å²) in [4.78, 5) is 4.89. The van der Waals surface area contributed by atoms with Crippen LogP contribution in [0.25, 0.3) is 21.5 Å². The summed E-state index contributed by atoms with van der Waals surface area (Å²) >= 11 is 0. The van der Waals surface area contributed by atoms with E-state index in [4.69, 9.17) is 0 Å². The van der Waals surface area contributed by atoms with E-state index in [2.05, 4.69) is 183 Å². The van der Waals surface area contributed by atoms with Crippen LogP contribution in [0, 0.1) is 27.7 Å². The Balaban J connectivity index is 1.67. The van der Waals surface area contributed by atoms with Gasteiger partial charge in [-0.3, -0.25) is 0 Å². The van der Waals surface area contributed by atoms with Crippen LogP contribution >= 0.6 is 0 Å². The standard InChI is InChI=1S/C42H36N2/c1-29-13-21-33(22-14-29)43(34-23-15-30(2)16-24-34)41-39-11-7-5-9-37(39)38-10-6-8-12-40(38)42(41)44(35-25-17-31(3)18-26-35)36-27-19-32(4)20-28-36/h5-28H,1-4H3. The number of hydrogen-bond donors (Lipinski definition) is 0. The average Bonchev–Trinajstić information content (AvgIpc) is 3.05. The largest absolute Gasteiger partial charge is 0.308 e. The lowest BCUT2D eigenvalue weighted by Gasteiger charge is -2.35. The van der Waals surface area contributed by atoms with Crippen LogP contribution < -0.4 is 9.80 Å². The molecule has 0 spiro atoms. The summed E-state index contributed by atoms with van der Waals surface area (Å²) in [7, 11) is 0. The van der Waals surface area contributed by atoms with E-state index >= 15 is 0 Å². The fourth-order valence-corrected chi connectivity index (χ4v) is 6.15. The van der Waals surface area contributed by atoms with Gasteiger partial charge in [-0.15, -0.1) is 0 Å². The molecule has 44 heavy (non-hydrogen) atoms. The van der Waals surface area contributed by atoms with Gasteiger partial charge in [0.1, 0.15) is 0 Å². The zero-order valence-corrected chi connectivity index (χ0v) is 25.8. The molecule has 0 aliphatic rings. The van der Waals surface area contributed by atoms with E-state index in [9.17, 15) is 0 Å². The van der Waals surface area contributed by atoms with Crippen molar-refractivity contribution in [2.24, 2.45) is 0 Å². The summed E-state index contributed by atoms with van der Waals surface area (Å²) in [6.07, 6.45) is 0. The van der Waals surface area contributed by atoms with Crippen LogP contribution in [0.1, 0.15) is 22.3 Å². The van der Waals surface area contributed by atoms with Crippen LogP contribution in [0.4, 0.5) is 34.1 Å². The van der Waals surface area contributed by atoms with E-state index in [1.165, 1.54) is 43.8 Å². The molecule has 2 nitrogen and oxygen atoms in total. The Morgan fingerprint density at radius 2 is 0.500 bits per heavy atom. The second-order valence-electron chi connectivity index (χ2n) is 11.8. The molecule has 0 saturated heterocycles. The van der Waals surface area contributed by atoms with Gasteiger partial charge in [0.05, 0.1) is 11.4 Å². The minimum Gasteiger partial charge on any atom is -0.308 e. The predicted molar refractivity (Wildman–Crippen MR) is 190 cm³/mol. The lowest BCUT2D eigenvalue weighted by atomic mass is 9.95.